The third-order valence-electron chi connectivity index (χ3n) is 6.34. The molecule has 0 spiro atoms. The summed E-state index contributed by atoms with van der Waals surface area (Å²) in [6.07, 6.45) is 5.56. The number of aryl methyl sites for hydroxylation is 2. The SMILES string of the molecule is CC(C)CC(=O)N1C[C@H]2CCCN(S(=O)(=O)c3ccc4c(c3)CCC4)[C@H]2C1. The van der Waals surface area contributed by atoms with Gasteiger partial charge >= 0.3 is 0 Å². The zero-order chi connectivity index (χ0) is 19.2. The molecule has 3 aliphatic rings. The van der Waals surface area contributed by atoms with Crippen molar-refractivity contribution >= 4 is 15.9 Å². The molecule has 2 heterocycles. The number of hydrogen-bond donors (Lipinski definition) is 0. The Balaban J connectivity index is 1.57. The van der Waals surface area contributed by atoms with Crippen molar-refractivity contribution < 1.29 is 13.2 Å². The molecule has 2 aliphatic heterocycles. The molecular formula is C21H30N2O3S. The molecule has 148 valence electrons. The van der Waals surface area contributed by atoms with Gasteiger partial charge in [0.2, 0.25) is 15.9 Å². The van der Waals surface area contributed by atoms with Crippen LogP contribution in [0.15, 0.2) is 23.1 Å². The molecule has 4 rings (SSSR count). The van der Waals surface area contributed by atoms with Crippen molar-refractivity contribution in [2.24, 2.45) is 11.8 Å². The molecule has 1 aliphatic carbocycles. The number of amides is 1. The summed E-state index contributed by atoms with van der Waals surface area (Å²) in [5.41, 5.74) is 2.47. The molecule has 0 saturated carbocycles. The Bertz CT molecular complexity index is 834. The van der Waals surface area contributed by atoms with Crippen molar-refractivity contribution in [2.45, 2.75) is 63.3 Å². The van der Waals surface area contributed by atoms with Gasteiger partial charge in [-0.2, -0.15) is 4.31 Å². The molecule has 5 nitrogen and oxygen atoms in total. The van der Waals surface area contributed by atoms with Crippen LogP contribution in [0.1, 0.15) is 50.7 Å². The van der Waals surface area contributed by atoms with Gasteiger partial charge in [-0.3, -0.25) is 4.79 Å². The van der Waals surface area contributed by atoms with Crippen LogP contribution in [0, 0.1) is 11.8 Å². The largest absolute Gasteiger partial charge is 0.341 e. The second kappa shape index (κ2) is 7.21. The molecule has 6 heteroatoms. The predicted molar refractivity (Wildman–Crippen MR) is 105 cm³/mol. The van der Waals surface area contributed by atoms with Crippen LogP contribution >= 0.6 is 0 Å². The normalized spacial score (nSPS) is 25.7. The Morgan fingerprint density at radius 1 is 1.15 bits per heavy atom. The Labute approximate surface area is 162 Å². The fourth-order valence-electron chi connectivity index (χ4n) is 4.96. The molecule has 0 bridgehead atoms. The van der Waals surface area contributed by atoms with Gasteiger partial charge in [-0.05, 0) is 67.2 Å². The maximum Gasteiger partial charge on any atom is 0.243 e. The molecule has 1 amide bonds. The van der Waals surface area contributed by atoms with Crippen LogP contribution in [0.5, 0.6) is 0 Å². The van der Waals surface area contributed by atoms with Gasteiger partial charge in [0.15, 0.2) is 0 Å². The molecule has 0 N–H and O–H groups in total. The number of piperidine rings is 1. The standard InChI is InChI=1S/C21H30N2O3S/c1-15(2)11-21(24)22-13-18-7-4-10-23(20(18)14-22)27(25,26)19-9-8-16-5-3-6-17(16)12-19/h8-9,12,15,18,20H,3-7,10-11,13-14H2,1-2H3/t18-,20+/m1/s1. The minimum absolute atomic E-state index is 0.0758. The number of likely N-dealkylation sites (tertiary alicyclic amines) is 1. The van der Waals surface area contributed by atoms with Crippen molar-refractivity contribution in [1.29, 1.82) is 0 Å². The third kappa shape index (κ3) is 3.54. The summed E-state index contributed by atoms with van der Waals surface area (Å²) in [5, 5.41) is 0. The molecule has 0 unspecified atom stereocenters. The van der Waals surface area contributed by atoms with Crippen molar-refractivity contribution in [3.8, 4) is 0 Å². The lowest BCUT2D eigenvalue weighted by atomic mass is 9.94. The van der Waals surface area contributed by atoms with Gasteiger partial charge in [0.1, 0.15) is 0 Å². The van der Waals surface area contributed by atoms with Crippen molar-refractivity contribution in [1.82, 2.24) is 9.21 Å². The van der Waals surface area contributed by atoms with E-state index >= 15 is 0 Å². The van der Waals surface area contributed by atoms with Crippen molar-refractivity contribution in [3.05, 3.63) is 29.3 Å². The number of sulfonamides is 1. The summed E-state index contributed by atoms with van der Waals surface area (Å²) < 4.78 is 28.5. The molecule has 2 atom stereocenters. The maximum atomic E-state index is 13.4. The van der Waals surface area contributed by atoms with E-state index < -0.39 is 10.0 Å². The van der Waals surface area contributed by atoms with Crippen molar-refractivity contribution in [2.75, 3.05) is 19.6 Å². The summed E-state index contributed by atoms with van der Waals surface area (Å²) >= 11 is 0. The number of hydrogen-bond acceptors (Lipinski definition) is 3. The molecule has 0 radical (unpaired) electrons. The number of rotatable bonds is 4. The number of fused-ring (bicyclic) bond motifs is 2. The first kappa shape index (κ1) is 18.9. The van der Waals surface area contributed by atoms with E-state index in [2.05, 4.69) is 0 Å². The van der Waals surface area contributed by atoms with Crippen LogP contribution in [0.25, 0.3) is 0 Å². The molecule has 27 heavy (non-hydrogen) atoms. The highest BCUT2D eigenvalue weighted by atomic mass is 32.2. The number of carbonyl (C=O) groups is 1. The van der Waals surface area contributed by atoms with Crippen LogP contribution in [0.3, 0.4) is 0 Å². The average Bonchev–Trinajstić information content (AvgIpc) is 3.26. The Morgan fingerprint density at radius 2 is 1.93 bits per heavy atom. The Hall–Kier alpha value is -1.40. The van der Waals surface area contributed by atoms with Gasteiger partial charge in [-0.25, -0.2) is 8.42 Å². The zero-order valence-electron chi connectivity index (χ0n) is 16.4. The van der Waals surface area contributed by atoms with Gasteiger partial charge in [0.25, 0.3) is 0 Å². The van der Waals surface area contributed by atoms with E-state index in [1.807, 2.05) is 30.9 Å². The summed E-state index contributed by atoms with van der Waals surface area (Å²) in [5.74, 6) is 0.750. The first-order chi connectivity index (χ1) is 12.9. The summed E-state index contributed by atoms with van der Waals surface area (Å²) in [6, 6.07) is 5.58. The lowest BCUT2D eigenvalue weighted by Crippen LogP contribution is -2.48. The van der Waals surface area contributed by atoms with E-state index in [1.165, 1.54) is 11.1 Å². The van der Waals surface area contributed by atoms with Crippen LogP contribution in [0.4, 0.5) is 0 Å². The lowest BCUT2D eigenvalue weighted by Gasteiger charge is -2.35. The average molecular weight is 391 g/mol. The number of nitrogens with zero attached hydrogens (tertiary/aromatic N) is 2. The minimum atomic E-state index is -3.51. The quantitative estimate of drug-likeness (QED) is 0.794. The molecular weight excluding hydrogens is 360 g/mol. The monoisotopic (exact) mass is 390 g/mol. The number of benzene rings is 1. The van der Waals surface area contributed by atoms with Crippen LogP contribution < -0.4 is 0 Å². The van der Waals surface area contributed by atoms with E-state index in [9.17, 15) is 13.2 Å². The van der Waals surface area contributed by atoms with Crippen LogP contribution in [-0.4, -0.2) is 49.2 Å². The van der Waals surface area contributed by atoms with E-state index in [4.69, 9.17) is 0 Å². The Morgan fingerprint density at radius 3 is 2.70 bits per heavy atom. The van der Waals surface area contributed by atoms with E-state index in [-0.39, 0.29) is 17.9 Å². The van der Waals surface area contributed by atoms with Gasteiger partial charge in [0.05, 0.1) is 4.90 Å². The number of carbonyl (C=O) groups excluding carboxylic acids is 1. The topological polar surface area (TPSA) is 57.7 Å². The van der Waals surface area contributed by atoms with Crippen molar-refractivity contribution in [3.63, 3.8) is 0 Å². The molecule has 1 aromatic carbocycles. The fraction of sp³-hybridized carbons (Fsp3) is 0.667. The first-order valence-corrected chi connectivity index (χ1v) is 11.7. The summed E-state index contributed by atoms with van der Waals surface area (Å²) in [4.78, 5) is 14.8. The predicted octanol–water partition coefficient (Wildman–Crippen LogP) is 2.83. The third-order valence-corrected chi connectivity index (χ3v) is 8.26. The molecule has 2 saturated heterocycles. The van der Waals surface area contributed by atoms with Gasteiger partial charge in [0, 0.05) is 32.1 Å². The highest BCUT2D eigenvalue weighted by Gasteiger charge is 2.45. The van der Waals surface area contributed by atoms with E-state index in [1.54, 1.807) is 10.4 Å². The fourth-order valence-corrected chi connectivity index (χ4v) is 6.73. The minimum Gasteiger partial charge on any atom is -0.341 e. The van der Waals surface area contributed by atoms with Gasteiger partial charge in [-0.15, -0.1) is 0 Å². The molecule has 0 aromatic heterocycles. The van der Waals surface area contributed by atoms with Gasteiger partial charge in [-0.1, -0.05) is 19.9 Å². The Kier molecular flexibility index (Phi) is 5.06. The highest BCUT2D eigenvalue weighted by Crippen LogP contribution is 2.35. The van der Waals surface area contributed by atoms with Crippen LogP contribution in [-0.2, 0) is 27.7 Å². The zero-order valence-corrected chi connectivity index (χ0v) is 17.2. The summed E-state index contributed by atoms with van der Waals surface area (Å²) in [6.45, 7) is 5.90. The van der Waals surface area contributed by atoms with E-state index in [0.29, 0.717) is 36.9 Å². The second-order valence-corrected chi connectivity index (χ2v) is 10.7. The lowest BCUT2D eigenvalue weighted by molar-refractivity contribution is -0.131. The maximum absolute atomic E-state index is 13.4. The second-order valence-electron chi connectivity index (χ2n) is 8.77. The van der Waals surface area contributed by atoms with Crippen LogP contribution in [0.2, 0.25) is 0 Å². The molecule has 2 fully saturated rings. The highest BCUT2D eigenvalue weighted by molar-refractivity contribution is 7.89. The van der Waals surface area contributed by atoms with E-state index in [0.717, 1.165) is 32.1 Å². The first-order valence-electron chi connectivity index (χ1n) is 10.3. The van der Waals surface area contributed by atoms with Gasteiger partial charge < -0.3 is 4.90 Å². The molecule has 1 aromatic rings. The smallest absolute Gasteiger partial charge is 0.243 e. The summed E-state index contributed by atoms with van der Waals surface area (Å²) in [7, 11) is -3.51.